The molecule has 1 aromatic carbocycles. The molecule has 1 saturated carbocycles. The van der Waals surface area contributed by atoms with Crippen LogP contribution < -0.4 is 4.74 Å². The van der Waals surface area contributed by atoms with Gasteiger partial charge in [0.2, 0.25) is 0 Å². The Hall–Kier alpha value is -2.82. The van der Waals surface area contributed by atoms with E-state index in [9.17, 15) is 4.79 Å². The van der Waals surface area contributed by atoms with Gasteiger partial charge in [0.15, 0.2) is 0 Å². The highest BCUT2D eigenvalue weighted by atomic mass is 16.5. The summed E-state index contributed by atoms with van der Waals surface area (Å²) in [7, 11) is 0. The van der Waals surface area contributed by atoms with Crippen LogP contribution >= 0.6 is 0 Å². The van der Waals surface area contributed by atoms with Gasteiger partial charge in [0, 0.05) is 23.6 Å². The van der Waals surface area contributed by atoms with Crippen molar-refractivity contribution in [3.63, 3.8) is 0 Å². The minimum absolute atomic E-state index is 0.116. The molecule has 5 nitrogen and oxygen atoms in total. The van der Waals surface area contributed by atoms with Crippen LogP contribution in [0.2, 0.25) is 0 Å². The van der Waals surface area contributed by atoms with Crippen molar-refractivity contribution in [1.29, 1.82) is 0 Å². The first-order valence-corrected chi connectivity index (χ1v) is 9.15. The van der Waals surface area contributed by atoms with Crippen LogP contribution in [-0.4, -0.2) is 27.1 Å². The van der Waals surface area contributed by atoms with Crippen LogP contribution in [0.4, 0.5) is 0 Å². The molecule has 2 N–H and O–H groups in total. The number of H-pyrrole nitrogens is 1. The maximum atomic E-state index is 10.9. The lowest BCUT2D eigenvalue weighted by Crippen LogP contribution is -2.11. The normalized spacial score (nSPS) is 14.8. The number of aromatic nitrogens is 2. The Morgan fingerprint density at radius 1 is 1.19 bits per heavy atom. The van der Waals surface area contributed by atoms with Gasteiger partial charge < -0.3 is 14.8 Å². The molecular formula is C21H22N2O3. The number of ether oxygens (including phenoxy) is 1. The minimum Gasteiger partial charge on any atom is -0.490 e. The largest absolute Gasteiger partial charge is 0.490 e. The first-order valence-electron chi connectivity index (χ1n) is 9.15. The predicted molar refractivity (Wildman–Crippen MR) is 100 cm³/mol. The van der Waals surface area contributed by atoms with Crippen LogP contribution in [0, 0.1) is 0 Å². The number of carbonyl (C=O) groups is 1. The Labute approximate surface area is 152 Å². The minimum atomic E-state index is -0.788. The fourth-order valence-corrected chi connectivity index (χ4v) is 3.55. The molecule has 0 radical (unpaired) electrons. The summed E-state index contributed by atoms with van der Waals surface area (Å²) in [5, 5.41) is 10.0. The molecular weight excluding hydrogens is 328 g/mol. The standard InChI is InChI=1S/C21H22N2O3/c24-20(25)10-6-14-5-9-19(26-16-3-1-2-4-16)17(13-14)18-8-7-15-11-12-22-21(15)23-18/h5,7-9,11-13,16H,1-4,6,10H2,(H,22,23)(H,24,25). The van der Waals surface area contributed by atoms with Gasteiger partial charge >= 0.3 is 5.97 Å². The first kappa shape index (κ1) is 16.6. The number of benzene rings is 1. The second kappa shape index (κ2) is 7.20. The molecule has 134 valence electrons. The van der Waals surface area contributed by atoms with E-state index in [0.717, 1.165) is 46.4 Å². The van der Waals surface area contributed by atoms with Crippen LogP contribution in [0.5, 0.6) is 5.75 Å². The number of carboxylic acids is 1. The smallest absolute Gasteiger partial charge is 0.303 e. The fraction of sp³-hybridized carbons (Fsp3) is 0.333. The molecule has 1 fully saturated rings. The number of aliphatic carboxylic acids is 1. The summed E-state index contributed by atoms with van der Waals surface area (Å²) >= 11 is 0. The van der Waals surface area contributed by atoms with Crippen molar-refractivity contribution in [2.24, 2.45) is 0 Å². The molecule has 0 atom stereocenters. The van der Waals surface area contributed by atoms with Crippen LogP contribution in [0.25, 0.3) is 22.3 Å². The summed E-state index contributed by atoms with van der Waals surface area (Å²) in [4.78, 5) is 18.8. The predicted octanol–water partition coefficient (Wildman–Crippen LogP) is 4.57. The van der Waals surface area contributed by atoms with Crippen molar-refractivity contribution in [1.82, 2.24) is 9.97 Å². The summed E-state index contributed by atoms with van der Waals surface area (Å²) < 4.78 is 6.27. The van der Waals surface area contributed by atoms with E-state index in [4.69, 9.17) is 14.8 Å². The molecule has 1 aliphatic carbocycles. The second-order valence-electron chi connectivity index (χ2n) is 6.86. The summed E-state index contributed by atoms with van der Waals surface area (Å²) in [6.07, 6.45) is 7.34. The number of fused-ring (bicyclic) bond motifs is 1. The molecule has 4 rings (SSSR count). The van der Waals surface area contributed by atoms with E-state index in [2.05, 4.69) is 4.98 Å². The zero-order valence-electron chi connectivity index (χ0n) is 14.6. The van der Waals surface area contributed by atoms with Crippen molar-refractivity contribution in [2.45, 2.75) is 44.6 Å². The van der Waals surface area contributed by atoms with Crippen LogP contribution in [0.1, 0.15) is 37.7 Å². The topological polar surface area (TPSA) is 75.2 Å². The number of aromatic amines is 1. The van der Waals surface area contributed by atoms with E-state index in [0.29, 0.717) is 6.42 Å². The van der Waals surface area contributed by atoms with Gasteiger partial charge in [0.25, 0.3) is 0 Å². The molecule has 2 heterocycles. The zero-order chi connectivity index (χ0) is 17.9. The Bertz CT molecular complexity index is 926. The number of hydrogen-bond donors (Lipinski definition) is 2. The van der Waals surface area contributed by atoms with Gasteiger partial charge in [-0.15, -0.1) is 0 Å². The van der Waals surface area contributed by atoms with Crippen LogP contribution in [0.3, 0.4) is 0 Å². The third-order valence-electron chi connectivity index (χ3n) is 4.95. The van der Waals surface area contributed by atoms with Gasteiger partial charge in [0.05, 0.1) is 11.8 Å². The molecule has 2 aromatic heterocycles. The SMILES string of the molecule is O=C(O)CCc1ccc(OC2CCCC2)c(-c2ccc3cc[nH]c3n2)c1. The number of hydrogen-bond acceptors (Lipinski definition) is 3. The number of nitrogens with one attached hydrogen (secondary N) is 1. The summed E-state index contributed by atoms with van der Waals surface area (Å²) in [5.74, 6) is 0.0399. The molecule has 0 spiro atoms. The van der Waals surface area contributed by atoms with Gasteiger partial charge in [-0.1, -0.05) is 6.07 Å². The van der Waals surface area contributed by atoms with E-state index < -0.39 is 5.97 Å². The van der Waals surface area contributed by atoms with Crippen molar-refractivity contribution < 1.29 is 14.6 Å². The lowest BCUT2D eigenvalue weighted by Gasteiger charge is -2.17. The van der Waals surface area contributed by atoms with Crippen molar-refractivity contribution in [3.05, 3.63) is 48.2 Å². The average Bonchev–Trinajstić information content (AvgIpc) is 3.31. The molecule has 3 aromatic rings. The molecule has 0 amide bonds. The maximum absolute atomic E-state index is 10.9. The second-order valence-corrected chi connectivity index (χ2v) is 6.86. The highest BCUT2D eigenvalue weighted by Crippen LogP contribution is 2.34. The van der Waals surface area contributed by atoms with E-state index in [1.807, 2.05) is 42.6 Å². The Kier molecular flexibility index (Phi) is 4.61. The Morgan fingerprint density at radius 2 is 2.04 bits per heavy atom. The molecule has 0 aliphatic heterocycles. The van der Waals surface area contributed by atoms with E-state index in [1.54, 1.807) is 0 Å². The average molecular weight is 350 g/mol. The summed E-state index contributed by atoms with van der Waals surface area (Å²) in [6, 6.07) is 12.0. The first-order chi connectivity index (χ1) is 12.7. The van der Waals surface area contributed by atoms with Crippen LogP contribution in [-0.2, 0) is 11.2 Å². The third kappa shape index (κ3) is 3.57. The van der Waals surface area contributed by atoms with E-state index in [-0.39, 0.29) is 12.5 Å². The van der Waals surface area contributed by atoms with Gasteiger partial charge in [-0.2, -0.15) is 0 Å². The monoisotopic (exact) mass is 350 g/mol. The van der Waals surface area contributed by atoms with Gasteiger partial charge in [0.1, 0.15) is 11.4 Å². The number of pyridine rings is 1. The lowest BCUT2D eigenvalue weighted by atomic mass is 10.0. The highest BCUT2D eigenvalue weighted by Gasteiger charge is 2.19. The van der Waals surface area contributed by atoms with Crippen LogP contribution in [0.15, 0.2) is 42.6 Å². The number of rotatable bonds is 6. The number of carboxylic acid groups (broad SMARTS) is 1. The van der Waals surface area contributed by atoms with Crippen molar-refractivity contribution >= 4 is 17.0 Å². The quantitative estimate of drug-likeness (QED) is 0.683. The Morgan fingerprint density at radius 3 is 2.85 bits per heavy atom. The summed E-state index contributed by atoms with van der Waals surface area (Å²) in [5.41, 5.74) is 3.58. The highest BCUT2D eigenvalue weighted by molar-refractivity contribution is 5.80. The molecule has 26 heavy (non-hydrogen) atoms. The fourth-order valence-electron chi connectivity index (χ4n) is 3.55. The maximum Gasteiger partial charge on any atom is 0.303 e. The van der Waals surface area contributed by atoms with Gasteiger partial charge in [-0.3, -0.25) is 4.79 Å². The van der Waals surface area contributed by atoms with Gasteiger partial charge in [-0.25, -0.2) is 4.98 Å². The zero-order valence-corrected chi connectivity index (χ0v) is 14.6. The summed E-state index contributed by atoms with van der Waals surface area (Å²) in [6.45, 7) is 0. The van der Waals surface area contributed by atoms with E-state index >= 15 is 0 Å². The van der Waals surface area contributed by atoms with Crippen molar-refractivity contribution in [3.8, 4) is 17.0 Å². The molecule has 5 heteroatoms. The molecule has 0 unspecified atom stereocenters. The molecule has 0 bridgehead atoms. The third-order valence-corrected chi connectivity index (χ3v) is 4.95. The molecule has 0 saturated heterocycles. The van der Waals surface area contributed by atoms with Crippen molar-refractivity contribution in [2.75, 3.05) is 0 Å². The molecule has 1 aliphatic rings. The number of nitrogens with zero attached hydrogens (tertiary/aromatic N) is 1. The Balaban J connectivity index is 1.71. The number of aryl methyl sites for hydroxylation is 1. The lowest BCUT2D eigenvalue weighted by molar-refractivity contribution is -0.136. The van der Waals surface area contributed by atoms with Gasteiger partial charge in [-0.05, 0) is 68.0 Å². The van der Waals surface area contributed by atoms with E-state index in [1.165, 1.54) is 12.8 Å².